The monoisotopic (exact) mass is 494 g/mol. The van der Waals surface area contributed by atoms with Gasteiger partial charge in [0.15, 0.2) is 0 Å². The van der Waals surface area contributed by atoms with Crippen molar-refractivity contribution in [3.63, 3.8) is 0 Å². The van der Waals surface area contributed by atoms with Gasteiger partial charge in [0.05, 0.1) is 58.6 Å². The van der Waals surface area contributed by atoms with E-state index in [1.54, 1.807) is 24.7 Å². The summed E-state index contributed by atoms with van der Waals surface area (Å²) in [5, 5.41) is 31.3. The maximum absolute atomic E-state index is 11.0. The summed E-state index contributed by atoms with van der Waals surface area (Å²) in [6.45, 7) is -0.456. The van der Waals surface area contributed by atoms with E-state index in [2.05, 4.69) is 4.98 Å². The topological polar surface area (TPSA) is 124 Å². The number of ether oxygens (including phenoxy) is 1. The van der Waals surface area contributed by atoms with Gasteiger partial charge in [0.2, 0.25) is 0 Å². The number of hydrogen-bond acceptors (Lipinski definition) is 9. The summed E-state index contributed by atoms with van der Waals surface area (Å²) in [6, 6.07) is 12.7. The molecule has 2 aromatic carbocycles. The number of aliphatic hydroxyl groups excluding tert-OH is 2. The molecule has 11 heteroatoms. The van der Waals surface area contributed by atoms with E-state index < -0.39 is 4.92 Å². The van der Waals surface area contributed by atoms with Crippen LogP contribution in [0.25, 0.3) is 37.0 Å². The second-order valence-electron chi connectivity index (χ2n) is 7.32. The molecule has 5 rings (SSSR count). The third-order valence-corrected chi connectivity index (χ3v) is 7.60. The van der Waals surface area contributed by atoms with Crippen molar-refractivity contribution < 1.29 is 19.9 Å². The van der Waals surface area contributed by atoms with Gasteiger partial charge in [-0.2, -0.15) is 0 Å². The number of nitrogens with zero attached hydrogens (tertiary/aromatic N) is 4. The summed E-state index contributed by atoms with van der Waals surface area (Å²) >= 11 is 2.55. The molecule has 0 spiro atoms. The summed E-state index contributed by atoms with van der Waals surface area (Å²) < 4.78 is 8.21. The number of aliphatic hydroxyl groups is 2. The van der Waals surface area contributed by atoms with Gasteiger partial charge in [0, 0.05) is 22.9 Å². The smallest absolute Gasteiger partial charge is 0.324 e. The van der Waals surface area contributed by atoms with Crippen molar-refractivity contribution in [2.45, 2.75) is 13.2 Å². The number of thiophene rings is 1. The van der Waals surface area contributed by atoms with E-state index in [9.17, 15) is 20.3 Å². The third kappa shape index (κ3) is 3.74. The number of rotatable bonds is 7. The zero-order valence-corrected chi connectivity index (χ0v) is 19.5. The van der Waals surface area contributed by atoms with Crippen LogP contribution in [-0.2, 0) is 13.2 Å². The molecule has 3 heterocycles. The molecule has 0 fully saturated rings. The van der Waals surface area contributed by atoms with Crippen LogP contribution in [0.1, 0.15) is 11.1 Å². The molecule has 9 nitrogen and oxygen atoms in total. The molecule has 5 aromatic rings. The molecule has 0 saturated carbocycles. The van der Waals surface area contributed by atoms with Gasteiger partial charge in [-0.15, -0.1) is 11.3 Å². The van der Waals surface area contributed by atoms with Gasteiger partial charge in [-0.05, 0) is 42.0 Å². The first kappa shape index (κ1) is 22.2. The van der Waals surface area contributed by atoms with Gasteiger partial charge < -0.3 is 14.9 Å². The van der Waals surface area contributed by atoms with Crippen LogP contribution in [0.2, 0.25) is 0 Å². The average Bonchev–Trinajstić information content (AvgIpc) is 3.61. The largest absolute Gasteiger partial charge is 0.495 e. The number of methoxy groups -OCH3 is 1. The molecule has 0 unspecified atom stereocenters. The lowest BCUT2D eigenvalue weighted by atomic mass is 10.1. The molecule has 0 aliphatic heterocycles. The first-order valence-electron chi connectivity index (χ1n) is 10.1. The minimum Gasteiger partial charge on any atom is -0.495 e. The summed E-state index contributed by atoms with van der Waals surface area (Å²) in [5.41, 5.74) is 4.36. The van der Waals surface area contributed by atoms with Crippen LogP contribution >= 0.6 is 22.7 Å². The standard InChI is InChI=1S/C23H18N4O5S2/c1-32-21-16(11-29)14(10-28)8-17-22(21)34-23(25-17)13-2-4-15(5-3-13)26-12-24-9-18(26)19-6-7-20(33-19)27(30)31/h2-9,12,28-29H,10-11H2,1H3. The maximum atomic E-state index is 11.0. The normalized spacial score (nSPS) is 11.3. The zero-order valence-electron chi connectivity index (χ0n) is 17.8. The van der Waals surface area contributed by atoms with Crippen LogP contribution in [0.3, 0.4) is 0 Å². The molecule has 0 atom stereocenters. The lowest BCUT2D eigenvalue weighted by Gasteiger charge is -2.11. The Hall–Kier alpha value is -3.64. The third-order valence-electron chi connectivity index (χ3n) is 5.42. The molecule has 0 saturated heterocycles. The van der Waals surface area contributed by atoms with Gasteiger partial charge in [-0.3, -0.25) is 14.7 Å². The Kier molecular flexibility index (Phi) is 5.84. The number of hydrogen-bond donors (Lipinski definition) is 2. The number of aromatic nitrogens is 3. The van der Waals surface area contributed by atoms with Crippen LogP contribution < -0.4 is 4.74 Å². The number of thiazole rings is 1. The summed E-state index contributed by atoms with van der Waals surface area (Å²) in [5.74, 6) is 0.525. The summed E-state index contributed by atoms with van der Waals surface area (Å²) in [6.07, 6.45) is 3.35. The molecule has 0 amide bonds. The SMILES string of the molecule is COc1c(CO)c(CO)cc2nc(-c3ccc(-n4cncc4-c4ccc([N+](=O)[O-])s4)cc3)sc12. The molecule has 0 radical (unpaired) electrons. The number of fused-ring (bicyclic) bond motifs is 1. The Labute approximate surface area is 201 Å². The summed E-state index contributed by atoms with van der Waals surface area (Å²) in [7, 11) is 1.54. The van der Waals surface area contributed by atoms with Crippen molar-refractivity contribution in [3.8, 4) is 32.6 Å². The fourth-order valence-corrected chi connectivity index (χ4v) is 5.72. The molecule has 2 N–H and O–H groups in total. The Morgan fingerprint density at radius 3 is 2.56 bits per heavy atom. The molecule has 34 heavy (non-hydrogen) atoms. The molecule has 0 aliphatic carbocycles. The molecule has 0 aliphatic rings. The van der Waals surface area contributed by atoms with E-state index in [4.69, 9.17) is 9.72 Å². The van der Waals surface area contributed by atoms with Crippen LogP contribution in [0.15, 0.2) is 55.0 Å². The fourth-order valence-electron chi connectivity index (χ4n) is 3.79. The van der Waals surface area contributed by atoms with Crippen LogP contribution in [0, 0.1) is 10.1 Å². The number of imidazole rings is 1. The van der Waals surface area contributed by atoms with Crippen LogP contribution in [0.5, 0.6) is 5.75 Å². The quantitative estimate of drug-likeness (QED) is 0.246. The molecule has 0 bridgehead atoms. The highest BCUT2D eigenvalue weighted by Crippen LogP contribution is 2.40. The van der Waals surface area contributed by atoms with E-state index in [1.165, 1.54) is 24.5 Å². The van der Waals surface area contributed by atoms with E-state index in [1.807, 2.05) is 28.8 Å². The molecular formula is C23H18N4O5S2. The summed E-state index contributed by atoms with van der Waals surface area (Å²) in [4.78, 5) is 20.3. The van der Waals surface area contributed by atoms with Crippen molar-refractivity contribution in [1.29, 1.82) is 0 Å². The van der Waals surface area contributed by atoms with Gasteiger partial charge in [0.25, 0.3) is 0 Å². The minimum atomic E-state index is -0.399. The van der Waals surface area contributed by atoms with Gasteiger partial charge >= 0.3 is 5.00 Å². The predicted octanol–water partition coefficient (Wildman–Crippen LogP) is 4.78. The van der Waals surface area contributed by atoms with Crippen LogP contribution in [-0.4, -0.2) is 36.8 Å². The second kappa shape index (κ2) is 8.95. The van der Waals surface area contributed by atoms with Crippen LogP contribution in [0.4, 0.5) is 5.00 Å². The first-order chi connectivity index (χ1) is 16.5. The van der Waals surface area contributed by atoms with E-state index in [0.29, 0.717) is 22.4 Å². The Morgan fingerprint density at radius 1 is 1.12 bits per heavy atom. The van der Waals surface area contributed by atoms with Crippen molar-refractivity contribution in [3.05, 3.63) is 76.2 Å². The Morgan fingerprint density at radius 2 is 1.91 bits per heavy atom. The van der Waals surface area contributed by atoms with Crippen molar-refractivity contribution in [1.82, 2.24) is 14.5 Å². The highest BCUT2D eigenvalue weighted by atomic mass is 32.1. The highest BCUT2D eigenvalue weighted by Gasteiger charge is 2.18. The Bertz CT molecular complexity index is 1500. The molecule has 172 valence electrons. The second-order valence-corrected chi connectivity index (χ2v) is 9.38. The maximum Gasteiger partial charge on any atom is 0.324 e. The van der Waals surface area contributed by atoms with E-state index in [-0.39, 0.29) is 18.2 Å². The fraction of sp³-hybridized carbons (Fsp3) is 0.130. The predicted molar refractivity (Wildman–Crippen MR) is 131 cm³/mol. The van der Waals surface area contributed by atoms with Crippen molar-refractivity contribution in [2.75, 3.05) is 7.11 Å². The molecular weight excluding hydrogens is 476 g/mol. The average molecular weight is 495 g/mol. The highest BCUT2D eigenvalue weighted by molar-refractivity contribution is 7.22. The molecule has 3 aromatic heterocycles. The van der Waals surface area contributed by atoms with Gasteiger partial charge in [0.1, 0.15) is 10.8 Å². The van der Waals surface area contributed by atoms with Gasteiger partial charge in [-0.1, -0.05) is 11.3 Å². The lowest BCUT2D eigenvalue weighted by molar-refractivity contribution is -0.380. The lowest BCUT2D eigenvalue weighted by Crippen LogP contribution is -1.99. The van der Waals surface area contributed by atoms with Gasteiger partial charge in [-0.25, -0.2) is 9.97 Å². The van der Waals surface area contributed by atoms with E-state index >= 15 is 0 Å². The Balaban J connectivity index is 1.51. The number of benzene rings is 2. The minimum absolute atomic E-state index is 0.0815. The number of nitro groups is 1. The van der Waals surface area contributed by atoms with E-state index in [0.717, 1.165) is 42.9 Å². The first-order valence-corrected chi connectivity index (χ1v) is 11.8. The van der Waals surface area contributed by atoms with Crippen molar-refractivity contribution >= 4 is 37.9 Å². The van der Waals surface area contributed by atoms with Crippen molar-refractivity contribution in [2.24, 2.45) is 0 Å². The zero-order chi connectivity index (χ0) is 23.8.